The smallest absolute Gasteiger partial charge is 0.234 e. The Hall–Kier alpha value is -1.53. The van der Waals surface area contributed by atoms with E-state index >= 15 is 0 Å². The van der Waals surface area contributed by atoms with Gasteiger partial charge < -0.3 is 16.0 Å². The molecule has 0 unspecified atom stereocenters. The van der Waals surface area contributed by atoms with E-state index in [2.05, 4.69) is 16.0 Å². The number of amides is 2. The van der Waals surface area contributed by atoms with Crippen molar-refractivity contribution in [1.29, 1.82) is 0 Å². The normalized spacial score (nSPS) is 10.2. The summed E-state index contributed by atoms with van der Waals surface area (Å²) < 4.78 is 0. The summed E-state index contributed by atoms with van der Waals surface area (Å²) in [6.45, 7) is 6.29. The first-order valence-corrected chi connectivity index (χ1v) is 8.19. The number of thioether (sulfide) groups is 1. The van der Waals surface area contributed by atoms with E-state index in [0.717, 1.165) is 24.3 Å². The molecule has 0 radical (unpaired) electrons. The van der Waals surface area contributed by atoms with Crippen LogP contribution < -0.4 is 16.0 Å². The largest absolute Gasteiger partial charge is 0.354 e. The molecule has 1 aromatic rings. The number of hydrogen-bond donors (Lipinski definition) is 3. The summed E-state index contributed by atoms with van der Waals surface area (Å²) in [6, 6.07) is 7.62. The molecule has 0 spiro atoms. The van der Waals surface area contributed by atoms with Gasteiger partial charge in [0.2, 0.25) is 11.8 Å². The van der Waals surface area contributed by atoms with E-state index in [1.807, 2.05) is 38.1 Å². The molecule has 0 atom stereocenters. The standard InChI is InChI=1S/C15H23N3O2S/c1-3-16-8-9-17-14(19)10-21-11-15(20)18-13-6-4-12(2)5-7-13/h4-7,16H,3,8-11H2,1-2H3,(H,17,19)(H,18,20). The van der Waals surface area contributed by atoms with Crippen LogP contribution in [0.15, 0.2) is 24.3 Å². The molecule has 0 saturated carbocycles. The van der Waals surface area contributed by atoms with E-state index in [4.69, 9.17) is 0 Å². The summed E-state index contributed by atoms with van der Waals surface area (Å²) in [4.78, 5) is 23.2. The quantitative estimate of drug-likeness (QED) is 0.603. The zero-order valence-corrected chi connectivity index (χ0v) is 13.4. The molecule has 5 nitrogen and oxygen atoms in total. The molecule has 3 N–H and O–H groups in total. The fraction of sp³-hybridized carbons (Fsp3) is 0.467. The van der Waals surface area contributed by atoms with Crippen molar-refractivity contribution >= 4 is 29.3 Å². The zero-order chi connectivity index (χ0) is 15.5. The first-order valence-electron chi connectivity index (χ1n) is 7.03. The van der Waals surface area contributed by atoms with Gasteiger partial charge in [-0.2, -0.15) is 0 Å². The number of carbonyl (C=O) groups is 2. The minimum absolute atomic E-state index is 0.0407. The maximum atomic E-state index is 11.7. The molecule has 0 aliphatic heterocycles. The van der Waals surface area contributed by atoms with Crippen LogP contribution in [-0.2, 0) is 9.59 Å². The van der Waals surface area contributed by atoms with Crippen LogP contribution >= 0.6 is 11.8 Å². The van der Waals surface area contributed by atoms with Gasteiger partial charge in [-0.25, -0.2) is 0 Å². The van der Waals surface area contributed by atoms with Gasteiger partial charge >= 0.3 is 0 Å². The summed E-state index contributed by atoms with van der Waals surface area (Å²) in [7, 11) is 0. The van der Waals surface area contributed by atoms with E-state index in [1.54, 1.807) is 0 Å². The highest BCUT2D eigenvalue weighted by atomic mass is 32.2. The van der Waals surface area contributed by atoms with Gasteiger partial charge in [0.25, 0.3) is 0 Å². The number of anilines is 1. The van der Waals surface area contributed by atoms with Gasteiger partial charge in [0.1, 0.15) is 0 Å². The predicted octanol–water partition coefficient (Wildman–Crippen LogP) is 1.39. The van der Waals surface area contributed by atoms with E-state index in [1.165, 1.54) is 11.8 Å². The van der Waals surface area contributed by atoms with E-state index in [-0.39, 0.29) is 17.6 Å². The Morgan fingerprint density at radius 1 is 1.05 bits per heavy atom. The van der Waals surface area contributed by atoms with Crippen molar-refractivity contribution in [1.82, 2.24) is 10.6 Å². The Morgan fingerprint density at radius 2 is 1.71 bits per heavy atom. The Morgan fingerprint density at radius 3 is 2.38 bits per heavy atom. The topological polar surface area (TPSA) is 70.2 Å². The lowest BCUT2D eigenvalue weighted by molar-refractivity contribution is -0.118. The minimum atomic E-state index is -0.0932. The fourth-order valence-corrected chi connectivity index (χ4v) is 2.24. The van der Waals surface area contributed by atoms with Gasteiger partial charge in [0, 0.05) is 18.8 Å². The van der Waals surface area contributed by atoms with Crippen LogP contribution in [0.5, 0.6) is 0 Å². The lowest BCUT2D eigenvalue weighted by Gasteiger charge is -2.06. The molecular weight excluding hydrogens is 286 g/mol. The van der Waals surface area contributed by atoms with Crippen LogP contribution in [0.4, 0.5) is 5.69 Å². The highest BCUT2D eigenvalue weighted by Crippen LogP contribution is 2.09. The van der Waals surface area contributed by atoms with Crippen molar-refractivity contribution in [3.8, 4) is 0 Å². The fourth-order valence-electron chi connectivity index (χ4n) is 1.59. The van der Waals surface area contributed by atoms with Crippen molar-refractivity contribution in [2.75, 3.05) is 36.5 Å². The third kappa shape index (κ3) is 8.37. The van der Waals surface area contributed by atoms with Crippen LogP contribution in [0.2, 0.25) is 0 Å². The Labute approximate surface area is 130 Å². The average molecular weight is 309 g/mol. The minimum Gasteiger partial charge on any atom is -0.354 e. The van der Waals surface area contributed by atoms with Gasteiger partial charge in [-0.1, -0.05) is 24.6 Å². The van der Waals surface area contributed by atoms with Crippen molar-refractivity contribution in [2.24, 2.45) is 0 Å². The number of nitrogens with one attached hydrogen (secondary N) is 3. The second-order valence-electron chi connectivity index (χ2n) is 4.61. The van der Waals surface area contributed by atoms with Crippen LogP contribution in [0.1, 0.15) is 12.5 Å². The molecule has 0 aliphatic rings. The van der Waals surface area contributed by atoms with Gasteiger partial charge in [-0.3, -0.25) is 9.59 Å². The monoisotopic (exact) mass is 309 g/mol. The van der Waals surface area contributed by atoms with E-state index < -0.39 is 0 Å². The Bertz CT molecular complexity index is 449. The third-order valence-electron chi connectivity index (χ3n) is 2.68. The summed E-state index contributed by atoms with van der Waals surface area (Å²) in [5.41, 5.74) is 1.93. The first kappa shape index (κ1) is 17.5. The van der Waals surface area contributed by atoms with Gasteiger partial charge in [0.05, 0.1) is 11.5 Å². The second kappa shape index (κ2) is 10.2. The van der Waals surface area contributed by atoms with Gasteiger partial charge in [-0.15, -0.1) is 11.8 Å². The molecule has 0 saturated heterocycles. The number of aryl methyl sites for hydroxylation is 1. The Balaban J connectivity index is 2.12. The Kier molecular flexibility index (Phi) is 8.54. The second-order valence-corrected chi connectivity index (χ2v) is 5.60. The van der Waals surface area contributed by atoms with E-state index in [0.29, 0.717) is 12.3 Å². The molecule has 0 aliphatic carbocycles. The molecule has 2 amide bonds. The molecule has 0 fully saturated rings. The van der Waals surface area contributed by atoms with Crippen LogP contribution in [0, 0.1) is 6.92 Å². The number of carbonyl (C=O) groups excluding carboxylic acids is 2. The maximum absolute atomic E-state index is 11.7. The summed E-state index contributed by atoms with van der Waals surface area (Å²) in [5.74, 6) is 0.437. The molecule has 0 aromatic heterocycles. The number of likely N-dealkylation sites (N-methyl/N-ethyl adjacent to an activating group) is 1. The van der Waals surface area contributed by atoms with Gasteiger partial charge in [0.15, 0.2) is 0 Å². The number of benzene rings is 1. The number of hydrogen-bond acceptors (Lipinski definition) is 4. The highest BCUT2D eigenvalue weighted by molar-refractivity contribution is 8.00. The average Bonchev–Trinajstić information content (AvgIpc) is 2.46. The van der Waals surface area contributed by atoms with Crippen molar-refractivity contribution < 1.29 is 9.59 Å². The SMILES string of the molecule is CCNCCNC(=O)CSCC(=O)Nc1ccc(C)cc1. The summed E-state index contributed by atoms with van der Waals surface area (Å²) >= 11 is 1.31. The first-order chi connectivity index (χ1) is 10.1. The van der Waals surface area contributed by atoms with E-state index in [9.17, 15) is 9.59 Å². The van der Waals surface area contributed by atoms with Crippen molar-refractivity contribution in [3.05, 3.63) is 29.8 Å². The van der Waals surface area contributed by atoms with Crippen LogP contribution in [0.3, 0.4) is 0 Å². The molecule has 21 heavy (non-hydrogen) atoms. The van der Waals surface area contributed by atoms with Gasteiger partial charge in [-0.05, 0) is 25.6 Å². The van der Waals surface area contributed by atoms with Crippen LogP contribution in [-0.4, -0.2) is 43.0 Å². The number of rotatable bonds is 9. The lowest BCUT2D eigenvalue weighted by Crippen LogP contribution is -2.33. The molecule has 116 valence electrons. The summed E-state index contributed by atoms with van der Waals surface area (Å²) in [6.07, 6.45) is 0. The van der Waals surface area contributed by atoms with Crippen molar-refractivity contribution in [3.63, 3.8) is 0 Å². The van der Waals surface area contributed by atoms with Crippen molar-refractivity contribution in [2.45, 2.75) is 13.8 Å². The summed E-state index contributed by atoms with van der Waals surface area (Å²) in [5, 5.41) is 8.72. The molecule has 1 rings (SSSR count). The molecular formula is C15H23N3O2S. The maximum Gasteiger partial charge on any atom is 0.234 e. The molecule has 0 heterocycles. The molecule has 6 heteroatoms. The zero-order valence-electron chi connectivity index (χ0n) is 12.6. The third-order valence-corrected chi connectivity index (χ3v) is 3.61. The lowest BCUT2D eigenvalue weighted by atomic mass is 10.2. The predicted molar refractivity (Wildman–Crippen MR) is 88.7 cm³/mol. The highest BCUT2D eigenvalue weighted by Gasteiger charge is 2.05. The molecule has 0 bridgehead atoms. The van der Waals surface area contributed by atoms with Crippen LogP contribution in [0.25, 0.3) is 0 Å². The molecule has 1 aromatic carbocycles.